The third-order valence-corrected chi connectivity index (χ3v) is 10.6. The Balaban J connectivity index is 1.24. The number of fused-ring (bicyclic) bond motifs is 2. The lowest BCUT2D eigenvalue weighted by molar-refractivity contribution is -0.153. The van der Waals surface area contributed by atoms with E-state index in [1.165, 1.54) is 19.1 Å². The molecule has 7 nitrogen and oxygen atoms in total. The van der Waals surface area contributed by atoms with Crippen molar-refractivity contribution >= 4 is 23.4 Å². The monoisotopic (exact) mass is 629 g/mol. The van der Waals surface area contributed by atoms with Crippen molar-refractivity contribution in [2.75, 3.05) is 39.4 Å². The molecule has 0 radical (unpaired) electrons. The van der Waals surface area contributed by atoms with E-state index in [-0.39, 0.29) is 29.9 Å². The van der Waals surface area contributed by atoms with Crippen LogP contribution in [0.1, 0.15) is 80.7 Å². The second kappa shape index (κ2) is 12.0. The number of carbonyl (C=O) groups excluding carboxylic acids is 2. The first-order valence-corrected chi connectivity index (χ1v) is 16.1. The number of amides is 2. The van der Waals surface area contributed by atoms with Crippen LogP contribution < -0.4 is 5.32 Å². The van der Waals surface area contributed by atoms with E-state index in [2.05, 4.69) is 16.3 Å². The van der Waals surface area contributed by atoms with Crippen molar-refractivity contribution in [2.45, 2.75) is 82.6 Å². The lowest BCUT2D eigenvalue weighted by atomic mass is 9.81. The molecule has 4 aliphatic rings. The van der Waals surface area contributed by atoms with Gasteiger partial charge in [0.2, 0.25) is 11.8 Å². The van der Waals surface area contributed by atoms with Gasteiger partial charge >= 0.3 is 0 Å². The molecule has 1 N–H and O–H groups in total. The van der Waals surface area contributed by atoms with Crippen molar-refractivity contribution in [1.82, 2.24) is 15.1 Å². The van der Waals surface area contributed by atoms with Crippen molar-refractivity contribution in [3.63, 3.8) is 0 Å². The Morgan fingerprint density at radius 3 is 2.41 bits per heavy atom. The minimum Gasteiger partial charge on any atom is -0.381 e. The molecule has 0 saturated carbocycles. The summed E-state index contributed by atoms with van der Waals surface area (Å²) in [5.74, 6) is -2.16. The fraction of sp³-hybridized carbons (Fsp3) is 0.588. The van der Waals surface area contributed by atoms with Crippen LogP contribution in [0.2, 0.25) is 5.02 Å². The first kappa shape index (κ1) is 31.4. The summed E-state index contributed by atoms with van der Waals surface area (Å²) in [6, 6.07) is 8.02. The summed E-state index contributed by atoms with van der Waals surface area (Å²) < 4.78 is 41.4. The molecule has 3 atom stereocenters. The van der Waals surface area contributed by atoms with Crippen LogP contribution in [0.4, 0.5) is 8.78 Å². The minimum absolute atomic E-state index is 0.00146. The third kappa shape index (κ3) is 5.77. The lowest BCUT2D eigenvalue weighted by Gasteiger charge is -2.42. The van der Waals surface area contributed by atoms with Crippen LogP contribution in [0.3, 0.4) is 0 Å². The van der Waals surface area contributed by atoms with Gasteiger partial charge in [0.1, 0.15) is 17.7 Å². The van der Waals surface area contributed by atoms with Crippen molar-refractivity contribution in [1.29, 1.82) is 0 Å². The molecule has 6 rings (SSSR count). The summed E-state index contributed by atoms with van der Waals surface area (Å²) in [4.78, 5) is 30.5. The summed E-state index contributed by atoms with van der Waals surface area (Å²) in [5.41, 5.74) is 2.06. The molecule has 2 aromatic carbocycles. The minimum atomic E-state index is -0.665. The van der Waals surface area contributed by atoms with E-state index < -0.39 is 28.7 Å². The highest BCUT2D eigenvalue weighted by molar-refractivity contribution is 6.31. The summed E-state index contributed by atoms with van der Waals surface area (Å²) in [7, 11) is 0. The number of piperidine rings is 1. The standard InChI is InChI=1S/C34H42ClF2N3O4/c1-20-15-25-28(17-29(20)35)34(44-31(25)33(3,4)38-21(2)41)9-11-39(12-10-34)32(42)27-19-40(23-7-13-43-14-8-23)18-26(27)24-6-5-22(36)16-30(24)37/h5-6,15-17,23,26-27,31H,7-14,18-19H2,1-4H3,(H,38,41)/t26-,27+,31-/m0/s1. The summed E-state index contributed by atoms with van der Waals surface area (Å²) in [5, 5.41) is 3.71. The van der Waals surface area contributed by atoms with Crippen molar-refractivity contribution in [2.24, 2.45) is 5.92 Å². The highest BCUT2D eigenvalue weighted by Crippen LogP contribution is 2.54. The van der Waals surface area contributed by atoms with E-state index in [9.17, 15) is 14.0 Å². The molecule has 0 aromatic heterocycles. The van der Waals surface area contributed by atoms with Gasteiger partial charge in [-0.3, -0.25) is 14.5 Å². The number of hydrogen-bond acceptors (Lipinski definition) is 5. The maximum Gasteiger partial charge on any atom is 0.227 e. The molecule has 4 aliphatic heterocycles. The molecule has 238 valence electrons. The first-order valence-electron chi connectivity index (χ1n) is 15.7. The van der Waals surface area contributed by atoms with Gasteiger partial charge in [0, 0.05) is 69.4 Å². The molecule has 2 amide bonds. The molecule has 3 saturated heterocycles. The maximum atomic E-state index is 15.1. The van der Waals surface area contributed by atoms with Crippen LogP contribution in [-0.4, -0.2) is 72.6 Å². The van der Waals surface area contributed by atoms with E-state index in [1.54, 1.807) is 0 Å². The largest absolute Gasteiger partial charge is 0.381 e. The smallest absolute Gasteiger partial charge is 0.227 e. The van der Waals surface area contributed by atoms with Crippen LogP contribution >= 0.6 is 11.6 Å². The van der Waals surface area contributed by atoms with E-state index in [0.717, 1.165) is 35.6 Å². The Morgan fingerprint density at radius 2 is 1.75 bits per heavy atom. The quantitative estimate of drug-likeness (QED) is 0.465. The van der Waals surface area contributed by atoms with Gasteiger partial charge in [0.25, 0.3) is 0 Å². The van der Waals surface area contributed by atoms with Gasteiger partial charge in [-0.1, -0.05) is 23.7 Å². The van der Waals surface area contributed by atoms with Gasteiger partial charge in [0.15, 0.2) is 0 Å². The van der Waals surface area contributed by atoms with E-state index >= 15 is 4.39 Å². The van der Waals surface area contributed by atoms with Gasteiger partial charge in [-0.15, -0.1) is 0 Å². The summed E-state index contributed by atoms with van der Waals surface area (Å²) in [6.07, 6.45) is 2.52. The number of nitrogens with one attached hydrogen (secondary N) is 1. The number of hydrogen-bond donors (Lipinski definition) is 1. The predicted octanol–water partition coefficient (Wildman–Crippen LogP) is 5.62. The van der Waals surface area contributed by atoms with Crippen molar-refractivity contribution in [3.05, 3.63) is 69.2 Å². The number of nitrogens with zero attached hydrogens (tertiary/aromatic N) is 2. The fourth-order valence-corrected chi connectivity index (χ4v) is 8.15. The Kier molecular flexibility index (Phi) is 8.54. The molecule has 3 fully saturated rings. The Morgan fingerprint density at radius 1 is 1.05 bits per heavy atom. The van der Waals surface area contributed by atoms with Crippen molar-refractivity contribution < 1.29 is 27.8 Å². The van der Waals surface area contributed by atoms with Crippen molar-refractivity contribution in [3.8, 4) is 0 Å². The van der Waals surface area contributed by atoms with E-state index in [1.807, 2.05) is 31.7 Å². The molecule has 0 bridgehead atoms. The second-order valence-corrected chi connectivity index (χ2v) is 14.0. The lowest BCUT2D eigenvalue weighted by Crippen LogP contribution is -2.50. The SMILES string of the molecule is CC(=O)NC(C)(C)[C@H]1OC2(CCN(C(=O)[C@@H]3CN(C4CCOCC4)C[C@H]3c3ccc(F)cc3F)CC2)c2cc(Cl)c(C)cc21. The van der Waals surface area contributed by atoms with Crippen LogP contribution in [0.25, 0.3) is 0 Å². The Bertz CT molecular complexity index is 1440. The number of likely N-dealkylation sites (tertiary alicyclic amines) is 2. The summed E-state index contributed by atoms with van der Waals surface area (Å²) in [6.45, 7) is 10.8. The van der Waals surface area contributed by atoms with Gasteiger partial charge in [0.05, 0.1) is 17.1 Å². The number of aryl methyl sites for hydroxylation is 1. The summed E-state index contributed by atoms with van der Waals surface area (Å²) >= 11 is 6.62. The zero-order valence-electron chi connectivity index (χ0n) is 25.9. The fourth-order valence-electron chi connectivity index (χ4n) is 7.98. The van der Waals surface area contributed by atoms with Gasteiger partial charge < -0.3 is 19.7 Å². The van der Waals surface area contributed by atoms with Crippen LogP contribution in [0.15, 0.2) is 30.3 Å². The molecular weight excluding hydrogens is 588 g/mol. The number of ether oxygens (including phenoxy) is 2. The molecule has 2 aromatic rings. The maximum absolute atomic E-state index is 15.1. The first-order chi connectivity index (χ1) is 20.9. The number of rotatable bonds is 5. The average Bonchev–Trinajstić information content (AvgIpc) is 3.54. The van der Waals surface area contributed by atoms with Crippen LogP contribution in [0.5, 0.6) is 0 Å². The molecule has 44 heavy (non-hydrogen) atoms. The highest BCUT2D eigenvalue weighted by atomic mass is 35.5. The number of benzene rings is 2. The Hall–Kier alpha value is -2.59. The molecule has 1 spiro atoms. The molecular formula is C34H42ClF2N3O4. The number of halogens is 3. The van der Waals surface area contributed by atoms with Crippen LogP contribution in [-0.2, 0) is 24.7 Å². The molecule has 0 unspecified atom stereocenters. The Labute approximate surface area is 263 Å². The normalized spacial score (nSPS) is 25.8. The number of carbonyl (C=O) groups is 2. The molecule has 10 heteroatoms. The third-order valence-electron chi connectivity index (χ3n) is 10.2. The van der Waals surface area contributed by atoms with Crippen LogP contribution in [0, 0.1) is 24.5 Å². The zero-order chi connectivity index (χ0) is 31.4. The van der Waals surface area contributed by atoms with Gasteiger partial charge in [-0.05, 0) is 80.8 Å². The zero-order valence-corrected chi connectivity index (χ0v) is 26.7. The van der Waals surface area contributed by atoms with Gasteiger partial charge in [-0.2, -0.15) is 0 Å². The predicted molar refractivity (Wildman–Crippen MR) is 163 cm³/mol. The van der Waals surface area contributed by atoms with Gasteiger partial charge in [-0.25, -0.2) is 8.78 Å². The van der Waals surface area contributed by atoms with E-state index in [4.69, 9.17) is 21.1 Å². The highest BCUT2D eigenvalue weighted by Gasteiger charge is 2.53. The second-order valence-electron chi connectivity index (χ2n) is 13.6. The average molecular weight is 630 g/mol. The molecule has 0 aliphatic carbocycles. The topological polar surface area (TPSA) is 71.1 Å². The van der Waals surface area contributed by atoms with E-state index in [0.29, 0.717) is 62.8 Å². The molecule has 4 heterocycles.